The summed E-state index contributed by atoms with van der Waals surface area (Å²) >= 11 is 0. The lowest BCUT2D eigenvalue weighted by molar-refractivity contribution is -0.137. The van der Waals surface area contributed by atoms with Gasteiger partial charge in [0.2, 0.25) is 0 Å². The Hall–Kier alpha value is -1.04. The van der Waals surface area contributed by atoms with Crippen LogP contribution in [0.1, 0.15) is 32.1 Å². The van der Waals surface area contributed by atoms with Crippen LogP contribution in [0.4, 0.5) is 0 Å². The minimum atomic E-state index is -0.692. The van der Waals surface area contributed by atoms with Crippen LogP contribution >= 0.6 is 0 Å². The number of aliphatic hydroxyl groups is 1. The maximum atomic E-state index is 12.5. The Labute approximate surface area is 113 Å². The zero-order chi connectivity index (χ0) is 14.0. The fourth-order valence-corrected chi connectivity index (χ4v) is 3.39. The number of rotatable bonds is 4. The molecule has 2 rings (SSSR count). The fraction of sp³-hybridized carbons (Fsp3) is 0.714. The van der Waals surface area contributed by atoms with E-state index in [1.807, 2.05) is 0 Å². The van der Waals surface area contributed by atoms with Crippen LogP contribution in [-0.4, -0.2) is 35.9 Å². The molecule has 0 heterocycles. The molecule has 1 saturated carbocycles. The first-order valence-electron chi connectivity index (χ1n) is 7.00. The molecule has 106 valence electrons. The third kappa shape index (κ3) is 2.50. The van der Waals surface area contributed by atoms with E-state index in [9.17, 15) is 14.7 Å². The van der Waals surface area contributed by atoms with Gasteiger partial charge in [0.15, 0.2) is 11.6 Å². The highest BCUT2D eigenvalue weighted by molar-refractivity contribution is 6.14. The van der Waals surface area contributed by atoms with Crippen molar-refractivity contribution >= 4 is 11.6 Å². The molecule has 2 aliphatic rings. The normalized spacial score (nSPS) is 31.6. The van der Waals surface area contributed by atoms with Crippen LogP contribution in [-0.2, 0) is 9.59 Å². The average Bonchev–Trinajstić information content (AvgIpc) is 2.39. The predicted octanol–water partition coefficient (Wildman–Crippen LogP) is -0.0904. The lowest BCUT2D eigenvalue weighted by Crippen LogP contribution is -2.47. The maximum absolute atomic E-state index is 12.5. The highest BCUT2D eigenvalue weighted by Gasteiger charge is 2.46. The van der Waals surface area contributed by atoms with Gasteiger partial charge in [-0.15, -0.1) is 0 Å². The van der Waals surface area contributed by atoms with Crippen molar-refractivity contribution in [3.05, 3.63) is 11.1 Å². The number of ketones is 2. The molecule has 0 aromatic rings. The van der Waals surface area contributed by atoms with Gasteiger partial charge in [-0.25, -0.2) is 0 Å². The molecular weight excluding hydrogens is 244 g/mol. The standard InChI is InChI=1S/C14H22N2O3/c15-6-4-8-9(5-7-16)14(19)12-10(13(8)18)2-1-3-11(12)17/h10-12,17H,1-7,15-16H2. The molecule has 0 bridgehead atoms. The summed E-state index contributed by atoms with van der Waals surface area (Å²) in [5.41, 5.74) is 12.2. The molecule has 5 N–H and O–H groups in total. The lowest BCUT2D eigenvalue weighted by Gasteiger charge is -2.38. The van der Waals surface area contributed by atoms with Gasteiger partial charge in [-0.05, 0) is 38.8 Å². The van der Waals surface area contributed by atoms with Crippen LogP contribution < -0.4 is 11.5 Å². The third-order valence-electron chi connectivity index (χ3n) is 4.25. The van der Waals surface area contributed by atoms with E-state index >= 15 is 0 Å². The van der Waals surface area contributed by atoms with Crippen LogP contribution in [0.15, 0.2) is 11.1 Å². The minimum absolute atomic E-state index is 0.0113. The average molecular weight is 266 g/mol. The molecule has 0 saturated heterocycles. The summed E-state index contributed by atoms with van der Waals surface area (Å²) in [5.74, 6) is -0.966. The van der Waals surface area contributed by atoms with Crippen molar-refractivity contribution in [2.45, 2.75) is 38.2 Å². The molecule has 1 fully saturated rings. The van der Waals surface area contributed by atoms with Crippen molar-refractivity contribution in [2.24, 2.45) is 23.3 Å². The molecule has 5 heteroatoms. The van der Waals surface area contributed by atoms with Crippen LogP contribution in [0, 0.1) is 11.8 Å². The van der Waals surface area contributed by atoms with E-state index in [0.717, 1.165) is 6.42 Å². The quantitative estimate of drug-likeness (QED) is 0.659. The Bertz CT molecular complexity index is 417. The molecule has 3 unspecified atom stereocenters. The monoisotopic (exact) mass is 266 g/mol. The minimum Gasteiger partial charge on any atom is -0.392 e. The summed E-state index contributed by atoms with van der Waals surface area (Å²) in [5, 5.41) is 10.0. The number of hydrogen-bond acceptors (Lipinski definition) is 5. The molecule has 0 aromatic heterocycles. The SMILES string of the molecule is NCCC1=C(CCN)C(=O)C2C(O)CCCC2C1=O. The molecule has 19 heavy (non-hydrogen) atoms. The number of nitrogens with two attached hydrogens (primary N) is 2. The van der Waals surface area contributed by atoms with Crippen molar-refractivity contribution in [2.75, 3.05) is 13.1 Å². The highest BCUT2D eigenvalue weighted by atomic mass is 16.3. The second-order valence-corrected chi connectivity index (χ2v) is 5.39. The largest absolute Gasteiger partial charge is 0.392 e. The van der Waals surface area contributed by atoms with E-state index in [-0.39, 0.29) is 17.5 Å². The summed E-state index contributed by atoms with van der Waals surface area (Å²) in [7, 11) is 0. The van der Waals surface area contributed by atoms with Crippen LogP contribution in [0.25, 0.3) is 0 Å². The molecule has 0 spiro atoms. The van der Waals surface area contributed by atoms with Crippen molar-refractivity contribution in [1.82, 2.24) is 0 Å². The van der Waals surface area contributed by atoms with Gasteiger partial charge in [-0.3, -0.25) is 9.59 Å². The second kappa shape index (κ2) is 5.94. The maximum Gasteiger partial charge on any atom is 0.165 e. The van der Waals surface area contributed by atoms with E-state index in [1.54, 1.807) is 0 Å². The smallest absolute Gasteiger partial charge is 0.165 e. The molecule has 5 nitrogen and oxygen atoms in total. The summed E-state index contributed by atoms with van der Waals surface area (Å²) in [6.07, 6.45) is 2.22. The first kappa shape index (κ1) is 14.4. The van der Waals surface area contributed by atoms with Gasteiger partial charge in [-0.2, -0.15) is 0 Å². The van der Waals surface area contributed by atoms with E-state index in [0.29, 0.717) is 49.9 Å². The molecule has 2 aliphatic carbocycles. The summed E-state index contributed by atoms with van der Waals surface area (Å²) in [6, 6.07) is 0. The zero-order valence-electron chi connectivity index (χ0n) is 11.1. The number of aliphatic hydroxyl groups excluding tert-OH is 1. The summed E-state index contributed by atoms with van der Waals surface area (Å²) in [6.45, 7) is 0.679. The van der Waals surface area contributed by atoms with Crippen molar-refractivity contribution < 1.29 is 14.7 Å². The van der Waals surface area contributed by atoms with Gasteiger partial charge in [0.05, 0.1) is 12.0 Å². The number of hydrogen-bond donors (Lipinski definition) is 3. The van der Waals surface area contributed by atoms with Crippen molar-refractivity contribution in [1.29, 1.82) is 0 Å². The molecule has 3 atom stereocenters. The second-order valence-electron chi connectivity index (χ2n) is 5.39. The number of carbonyl (C=O) groups is 2. The summed E-state index contributed by atoms with van der Waals surface area (Å²) in [4.78, 5) is 25.0. The van der Waals surface area contributed by atoms with E-state index in [2.05, 4.69) is 0 Å². The van der Waals surface area contributed by atoms with E-state index < -0.39 is 12.0 Å². The Morgan fingerprint density at radius 1 is 1.00 bits per heavy atom. The van der Waals surface area contributed by atoms with Gasteiger partial charge < -0.3 is 16.6 Å². The molecule has 0 amide bonds. The first-order valence-corrected chi connectivity index (χ1v) is 7.00. The molecule has 0 aromatic carbocycles. The number of carbonyl (C=O) groups excluding carboxylic acids is 2. The molecule has 0 radical (unpaired) electrons. The Morgan fingerprint density at radius 2 is 1.58 bits per heavy atom. The number of fused-ring (bicyclic) bond motifs is 1. The van der Waals surface area contributed by atoms with Gasteiger partial charge in [0.1, 0.15) is 0 Å². The van der Waals surface area contributed by atoms with E-state index in [4.69, 9.17) is 11.5 Å². The predicted molar refractivity (Wildman–Crippen MR) is 71.2 cm³/mol. The topological polar surface area (TPSA) is 106 Å². The Balaban J connectivity index is 2.41. The van der Waals surface area contributed by atoms with Crippen molar-refractivity contribution in [3.8, 4) is 0 Å². The van der Waals surface area contributed by atoms with Gasteiger partial charge in [0.25, 0.3) is 0 Å². The van der Waals surface area contributed by atoms with Gasteiger partial charge in [0, 0.05) is 17.1 Å². The van der Waals surface area contributed by atoms with Gasteiger partial charge >= 0.3 is 0 Å². The van der Waals surface area contributed by atoms with E-state index in [1.165, 1.54) is 0 Å². The van der Waals surface area contributed by atoms with Gasteiger partial charge in [-0.1, -0.05) is 6.42 Å². The van der Waals surface area contributed by atoms with Crippen molar-refractivity contribution in [3.63, 3.8) is 0 Å². The fourth-order valence-electron chi connectivity index (χ4n) is 3.39. The lowest BCUT2D eigenvalue weighted by atomic mass is 9.65. The first-order chi connectivity index (χ1) is 9.11. The third-order valence-corrected chi connectivity index (χ3v) is 4.25. The van der Waals surface area contributed by atoms with Crippen LogP contribution in [0.3, 0.4) is 0 Å². The molecule has 0 aliphatic heterocycles. The Kier molecular flexibility index (Phi) is 4.50. The van der Waals surface area contributed by atoms with Crippen LogP contribution in [0.2, 0.25) is 0 Å². The number of Topliss-reactive ketones (excluding diaryl/α,β-unsaturated/α-hetero) is 2. The zero-order valence-corrected chi connectivity index (χ0v) is 11.1. The van der Waals surface area contributed by atoms with Crippen LogP contribution in [0.5, 0.6) is 0 Å². The molecular formula is C14H22N2O3. The summed E-state index contributed by atoms with van der Waals surface area (Å²) < 4.78 is 0. The Morgan fingerprint density at radius 3 is 2.16 bits per heavy atom. The highest BCUT2D eigenvalue weighted by Crippen LogP contribution is 2.40.